The second-order valence-electron chi connectivity index (χ2n) is 6.64. The van der Waals surface area contributed by atoms with Gasteiger partial charge in [-0.15, -0.1) is 0 Å². The molecule has 0 fully saturated rings. The lowest BCUT2D eigenvalue weighted by Gasteiger charge is -2.15. The molecule has 0 amide bonds. The minimum Gasteiger partial charge on any atom is -0.279 e. The first-order chi connectivity index (χ1) is 13.4. The molecular formula is C23H18ClNO2S. The topological polar surface area (TPSA) is 46.2 Å². The summed E-state index contributed by atoms with van der Waals surface area (Å²) in [4.78, 5) is 0.219. The van der Waals surface area contributed by atoms with Crippen LogP contribution >= 0.6 is 11.6 Å². The van der Waals surface area contributed by atoms with E-state index in [0.29, 0.717) is 10.7 Å². The molecule has 28 heavy (non-hydrogen) atoms. The van der Waals surface area contributed by atoms with Gasteiger partial charge in [-0.1, -0.05) is 71.8 Å². The van der Waals surface area contributed by atoms with Crippen LogP contribution in [0.25, 0.3) is 21.9 Å². The first kappa shape index (κ1) is 18.5. The van der Waals surface area contributed by atoms with E-state index in [1.54, 1.807) is 42.5 Å². The lowest BCUT2D eigenvalue weighted by molar-refractivity contribution is 0.601. The summed E-state index contributed by atoms with van der Waals surface area (Å²) >= 11 is 6.25. The maximum Gasteiger partial charge on any atom is 0.261 e. The fourth-order valence-corrected chi connectivity index (χ4v) is 4.46. The third-order valence-electron chi connectivity index (χ3n) is 4.64. The summed E-state index contributed by atoms with van der Waals surface area (Å²) in [5.41, 5.74) is 3.14. The Morgan fingerprint density at radius 1 is 0.786 bits per heavy atom. The van der Waals surface area contributed by atoms with E-state index in [1.807, 2.05) is 49.4 Å². The van der Waals surface area contributed by atoms with E-state index >= 15 is 0 Å². The average Bonchev–Trinajstić information content (AvgIpc) is 2.69. The molecule has 1 N–H and O–H groups in total. The minimum absolute atomic E-state index is 0.219. The molecule has 0 heterocycles. The van der Waals surface area contributed by atoms with Crippen molar-refractivity contribution in [1.82, 2.24) is 0 Å². The van der Waals surface area contributed by atoms with Gasteiger partial charge in [0.2, 0.25) is 0 Å². The molecule has 3 nitrogen and oxygen atoms in total. The molecule has 4 aromatic rings. The molecule has 0 aliphatic rings. The summed E-state index contributed by atoms with van der Waals surface area (Å²) in [7, 11) is -3.72. The van der Waals surface area contributed by atoms with E-state index in [1.165, 1.54) is 0 Å². The van der Waals surface area contributed by atoms with Crippen molar-refractivity contribution in [3.8, 4) is 11.1 Å². The van der Waals surface area contributed by atoms with E-state index in [2.05, 4.69) is 4.72 Å². The molecule has 0 saturated carbocycles. The monoisotopic (exact) mass is 407 g/mol. The highest BCUT2D eigenvalue weighted by atomic mass is 35.5. The van der Waals surface area contributed by atoms with Crippen molar-refractivity contribution in [2.75, 3.05) is 4.72 Å². The molecule has 0 aliphatic carbocycles. The van der Waals surface area contributed by atoms with Gasteiger partial charge in [-0.2, -0.15) is 0 Å². The van der Waals surface area contributed by atoms with E-state index in [-0.39, 0.29) is 4.90 Å². The van der Waals surface area contributed by atoms with Gasteiger partial charge >= 0.3 is 0 Å². The number of sulfonamides is 1. The number of hydrogen-bond acceptors (Lipinski definition) is 2. The number of hydrogen-bond donors (Lipinski definition) is 1. The largest absolute Gasteiger partial charge is 0.279 e. The van der Waals surface area contributed by atoms with Crippen LogP contribution < -0.4 is 4.72 Å². The maximum absolute atomic E-state index is 12.9. The number of fused-ring (bicyclic) bond motifs is 1. The Hall–Kier alpha value is -2.82. The lowest BCUT2D eigenvalue weighted by atomic mass is 9.97. The van der Waals surface area contributed by atoms with Crippen molar-refractivity contribution in [3.05, 3.63) is 95.5 Å². The van der Waals surface area contributed by atoms with Crippen molar-refractivity contribution >= 4 is 38.1 Å². The number of anilines is 1. The van der Waals surface area contributed by atoms with Crippen LogP contribution in [0.4, 0.5) is 5.69 Å². The standard InChI is InChI=1S/C23H18ClNO2S/c1-16-9-12-19(13-10-16)28(26,27)25-23-14-11-18(24)15-22(23)21-8-4-6-17-5-2-3-7-20(17)21/h2-15,25H,1H3. The second kappa shape index (κ2) is 7.30. The number of aryl methyl sites for hydroxylation is 1. The molecule has 4 aromatic carbocycles. The van der Waals surface area contributed by atoms with Gasteiger partial charge in [0.1, 0.15) is 0 Å². The van der Waals surface area contributed by atoms with Crippen molar-refractivity contribution in [1.29, 1.82) is 0 Å². The molecule has 5 heteroatoms. The molecule has 0 atom stereocenters. The Balaban J connectivity index is 1.85. The fourth-order valence-electron chi connectivity index (χ4n) is 3.21. The molecule has 140 valence electrons. The van der Waals surface area contributed by atoms with Gasteiger partial charge in [0, 0.05) is 10.6 Å². The molecule has 0 radical (unpaired) electrons. The highest BCUT2D eigenvalue weighted by molar-refractivity contribution is 7.92. The van der Waals surface area contributed by atoms with Crippen LogP contribution in [0.3, 0.4) is 0 Å². The molecule has 4 rings (SSSR count). The fraction of sp³-hybridized carbons (Fsp3) is 0.0435. The van der Waals surface area contributed by atoms with Crippen molar-refractivity contribution in [2.45, 2.75) is 11.8 Å². The first-order valence-electron chi connectivity index (χ1n) is 8.81. The highest BCUT2D eigenvalue weighted by Crippen LogP contribution is 2.36. The molecular weight excluding hydrogens is 390 g/mol. The van der Waals surface area contributed by atoms with Crippen LogP contribution in [0.1, 0.15) is 5.56 Å². The van der Waals surface area contributed by atoms with E-state index < -0.39 is 10.0 Å². The summed E-state index contributed by atoms with van der Waals surface area (Å²) in [5.74, 6) is 0. The number of benzene rings is 4. The zero-order valence-electron chi connectivity index (χ0n) is 15.2. The normalized spacial score (nSPS) is 11.5. The molecule has 0 unspecified atom stereocenters. The Labute approximate surface area is 169 Å². The Kier molecular flexibility index (Phi) is 4.84. The molecule has 0 aliphatic heterocycles. The Morgan fingerprint density at radius 2 is 1.50 bits per heavy atom. The second-order valence-corrected chi connectivity index (χ2v) is 8.75. The first-order valence-corrected chi connectivity index (χ1v) is 10.7. The predicted molar refractivity (Wildman–Crippen MR) is 116 cm³/mol. The van der Waals surface area contributed by atoms with Crippen LogP contribution in [0.2, 0.25) is 5.02 Å². The zero-order valence-corrected chi connectivity index (χ0v) is 16.8. The number of nitrogens with one attached hydrogen (secondary N) is 1. The highest BCUT2D eigenvalue weighted by Gasteiger charge is 2.17. The third-order valence-corrected chi connectivity index (χ3v) is 6.25. The van der Waals surface area contributed by atoms with Crippen LogP contribution in [-0.4, -0.2) is 8.42 Å². The number of rotatable bonds is 4. The summed E-state index contributed by atoms with van der Waals surface area (Å²) in [6, 6.07) is 25.9. The summed E-state index contributed by atoms with van der Waals surface area (Å²) < 4.78 is 28.5. The Bertz CT molecular complexity index is 1260. The zero-order chi connectivity index (χ0) is 19.7. The molecule has 0 spiro atoms. The van der Waals surface area contributed by atoms with Crippen LogP contribution in [0.5, 0.6) is 0 Å². The summed E-state index contributed by atoms with van der Waals surface area (Å²) in [6.45, 7) is 1.92. The number of halogens is 1. The van der Waals surface area contributed by atoms with Gasteiger partial charge in [0.05, 0.1) is 10.6 Å². The molecule has 0 aromatic heterocycles. The van der Waals surface area contributed by atoms with Crippen LogP contribution in [0.15, 0.2) is 89.8 Å². The minimum atomic E-state index is -3.72. The van der Waals surface area contributed by atoms with Gasteiger partial charge in [-0.05, 0) is 53.6 Å². The van der Waals surface area contributed by atoms with E-state index in [0.717, 1.165) is 27.5 Å². The molecule has 0 bridgehead atoms. The summed E-state index contributed by atoms with van der Waals surface area (Å²) in [6.07, 6.45) is 0. The smallest absolute Gasteiger partial charge is 0.261 e. The van der Waals surface area contributed by atoms with Crippen LogP contribution in [-0.2, 0) is 10.0 Å². The van der Waals surface area contributed by atoms with Gasteiger partial charge < -0.3 is 0 Å². The van der Waals surface area contributed by atoms with Gasteiger partial charge in [0.15, 0.2) is 0 Å². The van der Waals surface area contributed by atoms with Crippen molar-refractivity contribution in [3.63, 3.8) is 0 Å². The van der Waals surface area contributed by atoms with Gasteiger partial charge in [0.25, 0.3) is 10.0 Å². The Morgan fingerprint density at radius 3 is 2.29 bits per heavy atom. The van der Waals surface area contributed by atoms with Crippen molar-refractivity contribution in [2.24, 2.45) is 0 Å². The van der Waals surface area contributed by atoms with Crippen LogP contribution in [0, 0.1) is 6.92 Å². The average molecular weight is 408 g/mol. The van der Waals surface area contributed by atoms with Crippen molar-refractivity contribution < 1.29 is 8.42 Å². The summed E-state index contributed by atoms with van der Waals surface area (Å²) in [5, 5.41) is 2.65. The quantitative estimate of drug-likeness (QED) is 0.433. The van der Waals surface area contributed by atoms with E-state index in [4.69, 9.17) is 11.6 Å². The van der Waals surface area contributed by atoms with Gasteiger partial charge in [-0.3, -0.25) is 4.72 Å². The maximum atomic E-state index is 12.9. The molecule has 0 saturated heterocycles. The predicted octanol–water partition coefficient (Wildman–Crippen LogP) is 6.27. The lowest BCUT2D eigenvalue weighted by Crippen LogP contribution is -2.13. The van der Waals surface area contributed by atoms with Gasteiger partial charge in [-0.25, -0.2) is 8.42 Å². The third kappa shape index (κ3) is 3.61. The SMILES string of the molecule is Cc1ccc(S(=O)(=O)Nc2ccc(Cl)cc2-c2cccc3ccccc23)cc1. The van der Waals surface area contributed by atoms with E-state index in [9.17, 15) is 8.42 Å².